The lowest BCUT2D eigenvalue weighted by molar-refractivity contribution is -0.106. The van der Waals surface area contributed by atoms with Crippen LogP contribution in [0.2, 0.25) is 0 Å². The van der Waals surface area contributed by atoms with Crippen molar-refractivity contribution >= 4 is 26.2 Å². The topological polar surface area (TPSA) is 63.2 Å². The Bertz CT molecular complexity index is 162. The lowest BCUT2D eigenvalue weighted by Gasteiger charge is -1.88. The molecule has 0 aromatic rings. The summed E-state index contributed by atoms with van der Waals surface area (Å²) in [5.74, 6) is 0. The summed E-state index contributed by atoms with van der Waals surface area (Å²) in [6, 6.07) is 0. The van der Waals surface area contributed by atoms with E-state index < -0.39 is 9.24 Å². The van der Waals surface area contributed by atoms with Gasteiger partial charge in [0.1, 0.15) is 6.29 Å². The van der Waals surface area contributed by atoms with Gasteiger partial charge in [0, 0.05) is 10.7 Å². The summed E-state index contributed by atoms with van der Waals surface area (Å²) < 4.78 is 21.5. The van der Waals surface area contributed by atoms with Crippen LogP contribution in [0.3, 0.4) is 0 Å². The first-order valence-corrected chi connectivity index (χ1v) is 4.00. The van der Waals surface area contributed by atoms with Gasteiger partial charge in [-0.15, -0.1) is 0 Å². The van der Waals surface area contributed by atoms with Crippen molar-refractivity contribution in [2.45, 2.75) is 0 Å². The first-order valence-electron chi connectivity index (χ1n) is 1.69. The Balaban J connectivity index is 3.57. The van der Waals surface area contributed by atoms with Gasteiger partial charge in [-0.2, -0.15) is 13.1 Å². The largest absolute Gasteiger partial charge is 0.302 e. The lowest BCUT2D eigenvalue weighted by atomic mass is 10.8. The lowest BCUT2D eigenvalue weighted by Crippen LogP contribution is -2.19. The molecule has 4 nitrogen and oxygen atoms in total. The molecule has 0 aliphatic heterocycles. The summed E-state index contributed by atoms with van der Waals surface area (Å²) in [6.07, 6.45) is 0.403. The molecular formula is C2H4ClNO3S. The summed E-state index contributed by atoms with van der Waals surface area (Å²) in [4.78, 5) is 9.47. The number of halogens is 1. The third-order valence-corrected chi connectivity index (χ3v) is 1.18. The van der Waals surface area contributed by atoms with Gasteiger partial charge < -0.3 is 4.79 Å². The van der Waals surface area contributed by atoms with Crippen LogP contribution < -0.4 is 4.72 Å². The maximum atomic E-state index is 9.89. The van der Waals surface area contributed by atoms with Crippen molar-refractivity contribution in [1.29, 1.82) is 0 Å². The van der Waals surface area contributed by atoms with Gasteiger partial charge in [-0.25, -0.2) is 0 Å². The van der Waals surface area contributed by atoms with E-state index >= 15 is 0 Å². The molecule has 0 amide bonds. The number of carbonyl (C=O) groups excluding carboxylic acids is 1. The average Bonchev–Trinajstić information content (AvgIpc) is 1.59. The number of hydrogen-bond acceptors (Lipinski definition) is 3. The molecule has 0 saturated heterocycles. The molecule has 0 aliphatic rings. The molecule has 0 aromatic carbocycles. The van der Waals surface area contributed by atoms with Crippen molar-refractivity contribution in [3.05, 3.63) is 0 Å². The van der Waals surface area contributed by atoms with Gasteiger partial charge in [-0.3, -0.25) is 0 Å². The van der Waals surface area contributed by atoms with Crippen LogP contribution in [-0.4, -0.2) is 21.2 Å². The quantitative estimate of drug-likeness (QED) is 0.434. The third kappa shape index (κ3) is 5.87. The van der Waals surface area contributed by atoms with E-state index in [4.69, 9.17) is 0 Å². The first kappa shape index (κ1) is 7.87. The Morgan fingerprint density at radius 3 is 2.25 bits per heavy atom. The molecule has 0 aliphatic carbocycles. The minimum atomic E-state index is -3.70. The van der Waals surface area contributed by atoms with Crippen molar-refractivity contribution in [3.63, 3.8) is 0 Å². The van der Waals surface area contributed by atoms with E-state index in [2.05, 4.69) is 10.7 Å². The van der Waals surface area contributed by atoms with Crippen molar-refractivity contribution < 1.29 is 13.2 Å². The molecule has 6 heteroatoms. The number of aldehydes is 1. The SMILES string of the molecule is O=CCNS(=O)(=O)Cl. The second-order valence-electron chi connectivity index (χ2n) is 0.953. The van der Waals surface area contributed by atoms with E-state index in [0.29, 0.717) is 6.29 Å². The average molecular weight is 158 g/mol. The summed E-state index contributed by atoms with van der Waals surface area (Å²) >= 11 is 0. The van der Waals surface area contributed by atoms with E-state index in [1.807, 2.05) is 0 Å². The normalized spacial score (nSPS) is 11.1. The zero-order valence-electron chi connectivity index (χ0n) is 3.80. The van der Waals surface area contributed by atoms with E-state index in [0.717, 1.165) is 0 Å². The third-order valence-electron chi connectivity index (χ3n) is 0.339. The molecule has 0 aromatic heterocycles. The maximum absolute atomic E-state index is 9.89. The predicted octanol–water partition coefficient (Wildman–Crippen LogP) is -0.741. The van der Waals surface area contributed by atoms with Crippen LogP contribution in [0.1, 0.15) is 0 Å². The molecule has 0 heterocycles. The highest BCUT2D eigenvalue weighted by atomic mass is 35.7. The smallest absolute Gasteiger partial charge is 0.297 e. The van der Waals surface area contributed by atoms with Crippen molar-refractivity contribution in [3.8, 4) is 0 Å². The van der Waals surface area contributed by atoms with Crippen LogP contribution in [0.4, 0.5) is 0 Å². The highest BCUT2D eigenvalue weighted by Crippen LogP contribution is 1.85. The molecule has 0 spiro atoms. The summed E-state index contributed by atoms with van der Waals surface area (Å²) in [5.41, 5.74) is 0. The van der Waals surface area contributed by atoms with Crippen LogP contribution in [0, 0.1) is 0 Å². The zero-order valence-corrected chi connectivity index (χ0v) is 5.37. The number of rotatable bonds is 3. The fraction of sp³-hybridized carbons (Fsp3) is 0.500. The highest BCUT2D eigenvalue weighted by Gasteiger charge is 1.98. The van der Waals surface area contributed by atoms with Gasteiger partial charge >= 0.3 is 0 Å². The Kier molecular flexibility index (Phi) is 2.96. The standard InChI is InChI=1S/C2H4ClNO3S/c3-8(6,7)4-1-2-5/h2,4H,1H2. The van der Waals surface area contributed by atoms with E-state index in [1.54, 1.807) is 4.72 Å². The van der Waals surface area contributed by atoms with Crippen molar-refractivity contribution in [1.82, 2.24) is 4.72 Å². The van der Waals surface area contributed by atoms with E-state index in [-0.39, 0.29) is 6.54 Å². The molecule has 0 fully saturated rings. The van der Waals surface area contributed by atoms with E-state index in [9.17, 15) is 13.2 Å². The Hall–Kier alpha value is -0.130. The predicted molar refractivity (Wildman–Crippen MR) is 28.8 cm³/mol. The number of nitrogens with one attached hydrogen (secondary N) is 1. The molecule has 48 valence electrons. The fourth-order valence-electron chi connectivity index (χ4n) is 0.134. The fourth-order valence-corrected chi connectivity index (χ4v) is 0.590. The van der Waals surface area contributed by atoms with Crippen LogP contribution in [0.5, 0.6) is 0 Å². The first-order chi connectivity index (χ1) is 3.56. The monoisotopic (exact) mass is 157 g/mol. The molecule has 0 bridgehead atoms. The molecule has 0 saturated carbocycles. The molecule has 0 atom stereocenters. The van der Waals surface area contributed by atoms with Gasteiger partial charge in [0.2, 0.25) is 0 Å². The van der Waals surface area contributed by atoms with Crippen molar-refractivity contribution in [2.75, 3.05) is 6.54 Å². The highest BCUT2D eigenvalue weighted by molar-refractivity contribution is 8.12. The number of carbonyl (C=O) groups is 1. The second kappa shape index (κ2) is 3.01. The van der Waals surface area contributed by atoms with E-state index in [1.165, 1.54) is 0 Å². The van der Waals surface area contributed by atoms with Crippen LogP contribution in [-0.2, 0) is 14.0 Å². The molecule has 8 heavy (non-hydrogen) atoms. The molecule has 0 unspecified atom stereocenters. The maximum Gasteiger partial charge on any atom is 0.297 e. The molecule has 1 N–H and O–H groups in total. The molecule has 0 rings (SSSR count). The van der Waals surface area contributed by atoms with Crippen LogP contribution in [0.25, 0.3) is 0 Å². The molecular weight excluding hydrogens is 154 g/mol. The zero-order chi connectivity index (χ0) is 6.62. The van der Waals surface area contributed by atoms with Crippen LogP contribution >= 0.6 is 10.7 Å². The van der Waals surface area contributed by atoms with Gasteiger partial charge in [0.15, 0.2) is 0 Å². The van der Waals surface area contributed by atoms with Crippen LogP contribution in [0.15, 0.2) is 0 Å². The van der Waals surface area contributed by atoms with Gasteiger partial charge in [0.25, 0.3) is 9.24 Å². The Morgan fingerprint density at radius 2 is 2.12 bits per heavy atom. The van der Waals surface area contributed by atoms with Gasteiger partial charge in [-0.05, 0) is 0 Å². The summed E-state index contributed by atoms with van der Waals surface area (Å²) in [5, 5.41) is 0. The summed E-state index contributed by atoms with van der Waals surface area (Å²) in [6.45, 7) is -0.272. The van der Waals surface area contributed by atoms with Crippen molar-refractivity contribution in [2.24, 2.45) is 0 Å². The molecule has 0 radical (unpaired) electrons. The number of hydrogen-bond donors (Lipinski definition) is 1. The second-order valence-corrected chi connectivity index (χ2v) is 3.34. The summed E-state index contributed by atoms with van der Waals surface area (Å²) in [7, 11) is 0.919. The Labute approximate surface area is 51.4 Å². The van der Waals surface area contributed by atoms with Gasteiger partial charge in [-0.1, -0.05) is 0 Å². The minimum absolute atomic E-state index is 0.272. The van der Waals surface area contributed by atoms with Gasteiger partial charge in [0.05, 0.1) is 6.54 Å². The minimum Gasteiger partial charge on any atom is -0.302 e. The Morgan fingerprint density at radius 1 is 1.62 bits per heavy atom.